The number of nitrogens with one attached hydrogen (secondary N) is 2. The summed E-state index contributed by atoms with van der Waals surface area (Å²) in [5, 5.41) is 6.57. The molecule has 0 amide bonds. The molecule has 5 nitrogen and oxygen atoms in total. The van der Waals surface area contributed by atoms with Crippen LogP contribution in [0.15, 0.2) is 6.07 Å². The van der Waals surface area contributed by atoms with Crippen molar-refractivity contribution >= 4 is 11.6 Å². The van der Waals surface area contributed by atoms with Crippen molar-refractivity contribution in [2.45, 2.75) is 38.6 Å². The first-order valence-corrected chi connectivity index (χ1v) is 6.71. The van der Waals surface area contributed by atoms with Crippen LogP contribution in [0.2, 0.25) is 0 Å². The zero-order valence-corrected chi connectivity index (χ0v) is 11.2. The highest BCUT2D eigenvalue weighted by atomic mass is 16.5. The van der Waals surface area contributed by atoms with Crippen LogP contribution in [-0.4, -0.2) is 36.3 Å². The first-order valence-electron chi connectivity index (χ1n) is 6.71. The fraction of sp³-hybridized carbons (Fsp3) is 0.692. The van der Waals surface area contributed by atoms with Crippen molar-refractivity contribution in [3.63, 3.8) is 0 Å². The molecule has 0 aliphatic carbocycles. The van der Waals surface area contributed by atoms with E-state index in [1.807, 2.05) is 13.1 Å². The molecule has 0 saturated carbocycles. The van der Waals surface area contributed by atoms with Crippen molar-refractivity contribution in [3.05, 3.63) is 11.9 Å². The van der Waals surface area contributed by atoms with Crippen molar-refractivity contribution in [1.29, 1.82) is 0 Å². The van der Waals surface area contributed by atoms with Crippen molar-refractivity contribution in [3.8, 4) is 0 Å². The van der Waals surface area contributed by atoms with E-state index in [0.29, 0.717) is 6.04 Å². The molecule has 2 N–H and O–H groups in total. The maximum absolute atomic E-state index is 5.36. The van der Waals surface area contributed by atoms with Crippen LogP contribution in [0.4, 0.5) is 11.6 Å². The van der Waals surface area contributed by atoms with Crippen LogP contribution < -0.4 is 10.6 Å². The van der Waals surface area contributed by atoms with E-state index in [0.717, 1.165) is 56.4 Å². The van der Waals surface area contributed by atoms with E-state index in [2.05, 4.69) is 27.5 Å². The fourth-order valence-corrected chi connectivity index (χ4v) is 2.09. The lowest BCUT2D eigenvalue weighted by Crippen LogP contribution is -2.28. The smallest absolute Gasteiger partial charge is 0.133 e. The highest BCUT2D eigenvalue weighted by Crippen LogP contribution is 2.16. The number of aromatic nitrogens is 2. The second-order valence-corrected chi connectivity index (χ2v) is 4.59. The normalized spacial score (nSPS) is 16.6. The number of nitrogens with zero attached hydrogens (tertiary/aromatic N) is 2. The number of anilines is 2. The largest absolute Gasteiger partial charge is 0.381 e. The molecule has 0 bridgehead atoms. The summed E-state index contributed by atoms with van der Waals surface area (Å²) in [6, 6.07) is 2.43. The molecule has 0 aromatic carbocycles. The molecule has 100 valence electrons. The van der Waals surface area contributed by atoms with Crippen LogP contribution >= 0.6 is 0 Å². The van der Waals surface area contributed by atoms with Crippen molar-refractivity contribution in [2.75, 3.05) is 30.9 Å². The highest BCUT2D eigenvalue weighted by molar-refractivity contribution is 5.47. The molecular formula is C13H22N4O. The summed E-state index contributed by atoms with van der Waals surface area (Å²) >= 11 is 0. The lowest BCUT2D eigenvalue weighted by Gasteiger charge is -2.23. The molecule has 1 aromatic heterocycles. The first kappa shape index (κ1) is 13.1. The monoisotopic (exact) mass is 250 g/mol. The third kappa shape index (κ3) is 3.57. The van der Waals surface area contributed by atoms with E-state index >= 15 is 0 Å². The van der Waals surface area contributed by atoms with Crippen LogP contribution in [-0.2, 0) is 11.2 Å². The van der Waals surface area contributed by atoms with Crippen LogP contribution in [0.25, 0.3) is 0 Å². The Balaban J connectivity index is 2.07. The number of hydrogen-bond donors (Lipinski definition) is 2. The maximum atomic E-state index is 5.36. The van der Waals surface area contributed by atoms with Gasteiger partial charge in [-0.05, 0) is 19.3 Å². The van der Waals surface area contributed by atoms with Crippen LogP contribution in [0.3, 0.4) is 0 Å². The minimum atomic E-state index is 0.466. The third-order valence-electron chi connectivity index (χ3n) is 3.08. The molecular weight excluding hydrogens is 228 g/mol. The Morgan fingerprint density at radius 1 is 1.28 bits per heavy atom. The van der Waals surface area contributed by atoms with E-state index in [1.165, 1.54) is 0 Å². The molecule has 5 heteroatoms. The molecule has 0 radical (unpaired) electrons. The maximum Gasteiger partial charge on any atom is 0.133 e. The second-order valence-electron chi connectivity index (χ2n) is 4.59. The zero-order valence-electron chi connectivity index (χ0n) is 11.2. The van der Waals surface area contributed by atoms with Gasteiger partial charge in [0.1, 0.15) is 17.5 Å². The van der Waals surface area contributed by atoms with Gasteiger partial charge in [-0.2, -0.15) is 0 Å². The van der Waals surface area contributed by atoms with Gasteiger partial charge in [0.05, 0.1) is 0 Å². The molecule has 2 rings (SSSR count). The molecule has 0 atom stereocenters. The van der Waals surface area contributed by atoms with Gasteiger partial charge in [0.2, 0.25) is 0 Å². The summed E-state index contributed by atoms with van der Waals surface area (Å²) in [5.41, 5.74) is 0. The number of hydrogen-bond acceptors (Lipinski definition) is 5. The van der Waals surface area contributed by atoms with E-state index in [9.17, 15) is 0 Å². The van der Waals surface area contributed by atoms with Gasteiger partial charge in [0, 0.05) is 38.8 Å². The summed E-state index contributed by atoms with van der Waals surface area (Å²) < 4.78 is 5.36. The van der Waals surface area contributed by atoms with Gasteiger partial charge in [0.15, 0.2) is 0 Å². The molecule has 0 unspecified atom stereocenters. The van der Waals surface area contributed by atoms with Gasteiger partial charge in [0.25, 0.3) is 0 Å². The minimum absolute atomic E-state index is 0.466. The topological polar surface area (TPSA) is 59.1 Å². The van der Waals surface area contributed by atoms with Gasteiger partial charge in [-0.3, -0.25) is 0 Å². The van der Waals surface area contributed by atoms with Gasteiger partial charge < -0.3 is 15.4 Å². The number of aryl methyl sites for hydroxylation is 1. The van der Waals surface area contributed by atoms with Crippen molar-refractivity contribution < 1.29 is 4.74 Å². The predicted molar refractivity (Wildman–Crippen MR) is 73.0 cm³/mol. The van der Waals surface area contributed by atoms with Gasteiger partial charge in [-0.25, -0.2) is 9.97 Å². The third-order valence-corrected chi connectivity index (χ3v) is 3.08. The summed E-state index contributed by atoms with van der Waals surface area (Å²) in [6.07, 6.45) is 4.06. The summed E-state index contributed by atoms with van der Waals surface area (Å²) in [5.74, 6) is 2.70. The Bertz CT molecular complexity index is 377. The Morgan fingerprint density at radius 2 is 2.00 bits per heavy atom. The molecule has 0 spiro atoms. The predicted octanol–water partition coefficient (Wildman–Crippen LogP) is 2.06. The quantitative estimate of drug-likeness (QED) is 0.837. The van der Waals surface area contributed by atoms with E-state index in [1.54, 1.807) is 0 Å². The van der Waals surface area contributed by atoms with E-state index < -0.39 is 0 Å². The first-order chi connectivity index (χ1) is 8.81. The second kappa shape index (κ2) is 6.54. The SMILES string of the molecule is CCCc1nc(NC)cc(NC2CCOCC2)n1. The Morgan fingerprint density at radius 3 is 2.67 bits per heavy atom. The minimum Gasteiger partial charge on any atom is -0.381 e. The Labute approximate surface area is 108 Å². The molecule has 1 saturated heterocycles. The lowest BCUT2D eigenvalue weighted by molar-refractivity contribution is 0.0904. The highest BCUT2D eigenvalue weighted by Gasteiger charge is 2.14. The van der Waals surface area contributed by atoms with E-state index in [4.69, 9.17) is 4.74 Å². The van der Waals surface area contributed by atoms with Gasteiger partial charge in [-0.15, -0.1) is 0 Å². The standard InChI is InChI=1S/C13H22N4O/c1-3-4-11-16-12(14-2)9-13(17-11)15-10-5-7-18-8-6-10/h9-10H,3-8H2,1-2H3,(H2,14,15,16,17). The number of rotatable bonds is 5. The molecule has 2 heterocycles. The molecule has 1 aliphatic heterocycles. The van der Waals surface area contributed by atoms with Gasteiger partial charge >= 0.3 is 0 Å². The van der Waals surface area contributed by atoms with Crippen LogP contribution in [0.5, 0.6) is 0 Å². The van der Waals surface area contributed by atoms with E-state index in [-0.39, 0.29) is 0 Å². The van der Waals surface area contributed by atoms with Crippen LogP contribution in [0.1, 0.15) is 32.0 Å². The molecule has 1 fully saturated rings. The summed E-state index contributed by atoms with van der Waals surface area (Å²) in [4.78, 5) is 9.01. The Kier molecular flexibility index (Phi) is 4.75. The van der Waals surface area contributed by atoms with Crippen molar-refractivity contribution in [2.24, 2.45) is 0 Å². The average Bonchev–Trinajstić information content (AvgIpc) is 2.40. The summed E-state index contributed by atoms with van der Waals surface area (Å²) in [6.45, 7) is 3.81. The zero-order chi connectivity index (χ0) is 12.8. The molecule has 1 aromatic rings. The average molecular weight is 250 g/mol. The number of ether oxygens (including phenoxy) is 1. The molecule has 1 aliphatic rings. The fourth-order valence-electron chi connectivity index (χ4n) is 2.09. The molecule has 18 heavy (non-hydrogen) atoms. The Hall–Kier alpha value is -1.36. The van der Waals surface area contributed by atoms with Crippen LogP contribution in [0, 0.1) is 0 Å². The lowest BCUT2D eigenvalue weighted by atomic mass is 10.1. The van der Waals surface area contributed by atoms with Gasteiger partial charge in [-0.1, -0.05) is 6.92 Å². The van der Waals surface area contributed by atoms with Crippen molar-refractivity contribution in [1.82, 2.24) is 9.97 Å². The summed E-state index contributed by atoms with van der Waals surface area (Å²) in [7, 11) is 1.89.